The molecule has 0 unspecified atom stereocenters. The summed E-state index contributed by atoms with van der Waals surface area (Å²) < 4.78 is 0. The van der Waals surface area contributed by atoms with E-state index >= 15 is 0 Å². The lowest BCUT2D eigenvalue weighted by Crippen LogP contribution is -1.89. The third-order valence-corrected chi connectivity index (χ3v) is 2.37. The lowest BCUT2D eigenvalue weighted by Gasteiger charge is -1.99. The monoisotopic (exact) mass is 282 g/mol. The Morgan fingerprint density at radius 3 is 2.50 bits per heavy atom. The standard InChI is InChI=1S/C13H11ClN2O.ClH/c14-11-4-6-12(7-5-11)16-15-9-10-2-1-3-13(17)8-10;/h1-9,16-17H;1H/b15-9+;. The van der Waals surface area contributed by atoms with E-state index in [1.807, 2.05) is 18.2 Å². The summed E-state index contributed by atoms with van der Waals surface area (Å²) in [4.78, 5) is 0. The van der Waals surface area contributed by atoms with Crippen molar-refractivity contribution in [2.24, 2.45) is 5.10 Å². The third kappa shape index (κ3) is 4.28. The van der Waals surface area contributed by atoms with Gasteiger partial charge in [-0.15, -0.1) is 12.4 Å². The Hall–Kier alpha value is -1.71. The SMILES string of the molecule is Cl.Oc1cccc(/C=N/Nc2ccc(Cl)cc2)c1. The highest BCUT2D eigenvalue weighted by molar-refractivity contribution is 6.30. The van der Waals surface area contributed by atoms with Gasteiger partial charge in [0.1, 0.15) is 5.75 Å². The Balaban J connectivity index is 0.00000162. The number of benzene rings is 2. The largest absolute Gasteiger partial charge is 0.508 e. The van der Waals surface area contributed by atoms with Gasteiger partial charge < -0.3 is 5.11 Å². The predicted octanol–water partition coefficient (Wildman–Crippen LogP) is 3.91. The van der Waals surface area contributed by atoms with Gasteiger partial charge in [-0.3, -0.25) is 5.43 Å². The number of hydrogen-bond acceptors (Lipinski definition) is 3. The summed E-state index contributed by atoms with van der Waals surface area (Å²) >= 11 is 5.77. The summed E-state index contributed by atoms with van der Waals surface area (Å²) in [5.41, 5.74) is 4.55. The molecule has 0 saturated carbocycles. The number of rotatable bonds is 3. The summed E-state index contributed by atoms with van der Waals surface area (Å²) in [5.74, 6) is 0.223. The Bertz CT molecular complexity index is 527. The van der Waals surface area contributed by atoms with Gasteiger partial charge in [0.05, 0.1) is 11.9 Å². The van der Waals surface area contributed by atoms with Crippen LogP contribution < -0.4 is 5.43 Å². The number of phenols is 1. The molecule has 0 aromatic heterocycles. The second-order valence-electron chi connectivity index (χ2n) is 3.47. The second kappa shape index (κ2) is 6.89. The fraction of sp³-hybridized carbons (Fsp3) is 0. The minimum atomic E-state index is 0. The van der Waals surface area contributed by atoms with E-state index in [0.29, 0.717) is 5.02 Å². The average Bonchev–Trinajstić information content (AvgIpc) is 2.32. The van der Waals surface area contributed by atoms with Crippen LogP contribution in [0.15, 0.2) is 53.6 Å². The minimum Gasteiger partial charge on any atom is -0.508 e. The average molecular weight is 283 g/mol. The molecule has 0 saturated heterocycles. The van der Waals surface area contributed by atoms with E-state index < -0.39 is 0 Å². The van der Waals surface area contributed by atoms with Gasteiger partial charge in [0, 0.05) is 5.02 Å². The smallest absolute Gasteiger partial charge is 0.116 e. The number of aromatic hydroxyl groups is 1. The summed E-state index contributed by atoms with van der Waals surface area (Å²) in [6.07, 6.45) is 1.63. The topological polar surface area (TPSA) is 44.6 Å². The maximum atomic E-state index is 9.26. The van der Waals surface area contributed by atoms with Gasteiger partial charge in [-0.25, -0.2) is 0 Å². The van der Waals surface area contributed by atoms with Crippen molar-refractivity contribution in [1.29, 1.82) is 0 Å². The zero-order valence-corrected chi connectivity index (χ0v) is 10.9. The van der Waals surface area contributed by atoms with Gasteiger partial charge in [0.15, 0.2) is 0 Å². The Morgan fingerprint density at radius 1 is 1.11 bits per heavy atom. The van der Waals surface area contributed by atoms with Crippen molar-refractivity contribution in [3.8, 4) is 5.75 Å². The normalized spacial score (nSPS) is 10.1. The van der Waals surface area contributed by atoms with E-state index in [2.05, 4.69) is 10.5 Å². The van der Waals surface area contributed by atoms with Crippen molar-refractivity contribution in [2.75, 3.05) is 5.43 Å². The van der Waals surface area contributed by atoms with Gasteiger partial charge >= 0.3 is 0 Å². The summed E-state index contributed by atoms with van der Waals surface area (Å²) in [6.45, 7) is 0. The Morgan fingerprint density at radius 2 is 1.83 bits per heavy atom. The molecule has 0 atom stereocenters. The number of nitrogens with one attached hydrogen (secondary N) is 1. The zero-order valence-electron chi connectivity index (χ0n) is 9.38. The number of nitrogens with zero attached hydrogens (tertiary/aromatic N) is 1. The molecule has 0 amide bonds. The zero-order chi connectivity index (χ0) is 12.1. The van der Waals surface area contributed by atoms with Crippen molar-refractivity contribution in [2.45, 2.75) is 0 Å². The minimum absolute atomic E-state index is 0. The molecule has 2 aromatic rings. The summed E-state index contributed by atoms with van der Waals surface area (Å²) in [7, 11) is 0. The van der Waals surface area contributed by atoms with E-state index in [4.69, 9.17) is 11.6 Å². The molecule has 2 N–H and O–H groups in total. The number of hydrogen-bond donors (Lipinski definition) is 2. The van der Waals surface area contributed by atoms with Crippen LogP contribution in [0, 0.1) is 0 Å². The quantitative estimate of drug-likeness (QED) is 0.662. The van der Waals surface area contributed by atoms with Crippen LogP contribution in [0.3, 0.4) is 0 Å². The van der Waals surface area contributed by atoms with Crippen molar-refractivity contribution in [3.63, 3.8) is 0 Å². The lowest BCUT2D eigenvalue weighted by atomic mass is 10.2. The number of halogens is 2. The number of phenolic OH excluding ortho intramolecular Hbond substituents is 1. The molecule has 0 aliphatic heterocycles. The first-order valence-electron chi connectivity index (χ1n) is 5.08. The van der Waals surface area contributed by atoms with Crippen LogP contribution in [0.4, 0.5) is 5.69 Å². The molecule has 18 heavy (non-hydrogen) atoms. The molecule has 0 bridgehead atoms. The van der Waals surface area contributed by atoms with Gasteiger partial charge in [-0.1, -0.05) is 23.7 Å². The van der Waals surface area contributed by atoms with Gasteiger partial charge in [0.25, 0.3) is 0 Å². The van der Waals surface area contributed by atoms with Crippen LogP contribution in [0.1, 0.15) is 5.56 Å². The molecule has 0 aliphatic carbocycles. The summed E-state index contributed by atoms with van der Waals surface area (Å²) in [6, 6.07) is 14.1. The van der Waals surface area contributed by atoms with Crippen LogP contribution in [0.25, 0.3) is 0 Å². The molecule has 0 radical (unpaired) electrons. The lowest BCUT2D eigenvalue weighted by molar-refractivity contribution is 0.475. The van der Waals surface area contributed by atoms with E-state index in [9.17, 15) is 5.11 Å². The fourth-order valence-corrected chi connectivity index (χ4v) is 1.44. The Labute approximate surface area is 117 Å². The van der Waals surface area contributed by atoms with Crippen LogP contribution in [-0.4, -0.2) is 11.3 Å². The molecule has 3 nitrogen and oxygen atoms in total. The van der Waals surface area contributed by atoms with Crippen LogP contribution in [-0.2, 0) is 0 Å². The molecule has 5 heteroatoms. The first-order chi connectivity index (χ1) is 8.24. The molecular formula is C13H12Cl2N2O. The maximum absolute atomic E-state index is 9.26. The predicted molar refractivity (Wildman–Crippen MR) is 78.0 cm³/mol. The van der Waals surface area contributed by atoms with E-state index in [1.165, 1.54) is 0 Å². The van der Waals surface area contributed by atoms with Crippen molar-refractivity contribution in [3.05, 3.63) is 59.1 Å². The second-order valence-corrected chi connectivity index (χ2v) is 3.91. The van der Waals surface area contributed by atoms with E-state index in [1.54, 1.807) is 36.5 Å². The third-order valence-electron chi connectivity index (χ3n) is 2.12. The highest BCUT2D eigenvalue weighted by atomic mass is 35.5. The molecule has 0 fully saturated rings. The van der Waals surface area contributed by atoms with E-state index in [0.717, 1.165) is 11.3 Å². The van der Waals surface area contributed by atoms with Crippen LogP contribution in [0.2, 0.25) is 5.02 Å². The van der Waals surface area contributed by atoms with Gasteiger partial charge in [0.2, 0.25) is 0 Å². The highest BCUT2D eigenvalue weighted by Crippen LogP contribution is 2.13. The van der Waals surface area contributed by atoms with E-state index in [-0.39, 0.29) is 18.2 Å². The van der Waals surface area contributed by atoms with Crippen molar-refractivity contribution in [1.82, 2.24) is 0 Å². The number of hydrazone groups is 1. The first-order valence-corrected chi connectivity index (χ1v) is 5.45. The molecular weight excluding hydrogens is 271 g/mol. The van der Waals surface area contributed by atoms with Gasteiger partial charge in [-0.05, 0) is 42.0 Å². The van der Waals surface area contributed by atoms with Crippen molar-refractivity contribution >= 4 is 35.9 Å². The molecule has 94 valence electrons. The molecule has 0 aliphatic rings. The first kappa shape index (κ1) is 14.4. The molecule has 0 spiro atoms. The van der Waals surface area contributed by atoms with Crippen LogP contribution >= 0.6 is 24.0 Å². The Kier molecular flexibility index (Phi) is 5.49. The van der Waals surface area contributed by atoms with Crippen molar-refractivity contribution < 1.29 is 5.11 Å². The summed E-state index contributed by atoms with van der Waals surface area (Å²) in [5, 5.41) is 14.0. The molecule has 0 heterocycles. The highest BCUT2D eigenvalue weighted by Gasteiger charge is 1.91. The van der Waals surface area contributed by atoms with Crippen LogP contribution in [0.5, 0.6) is 5.75 Å². The fourth-order valence-electron chi connectivity index (χ4n) is 1.31. The van der Waals surface area contributed by atoms with Gasteiger partial charge in [-0.2, -0.15) is 5.10 Å². The number of anilines is 1. The molecule has 2 rings (SSSR count). The molecule has 2 aromatic carbocycles. The maximum Gasteiger partial charge on any atom is 0.116 e.